The summed E-state index contributed by atoms with van der Waals surface area (Å²) in [5.74, 6) is 8.07. The molecule has 1 unspecified atom stereocenters. The Morgan fingerprint density at radius 1 is 1.21 bits per heavy atom. The molecular formula is C12H26N2. The van der Waals surface area contributed by atoms with Gasteiger partial charge in [-0.25, -0.2) is 0 Å². The first-order chi connectivity index (χ1) is 6.69. The van der Waals surface area contributed by atoms with E-state index in [2.05, 4.69) is 26.2 Å². The Balaban J connectivity index is 2.39. The van der Waals surface area contributed by atoms with Gasteiger partial charge in [-0.15, -0.1) is 0 Å². The molecule has 3 N–H and O–H groups in total. The topological polar surface area (TPSA) is 38.0 Å². The highest BCUT2D eigenvalue weighted by Crippen LogP contribution is 2.33. The van der Waals surface area contributed by atoms with Gasteiger partial charge >= 0.3 is 0 Å². The van der Waals surface area contributed by atoms with E-state index in [4.69, 9.17) is 5.84 Å². The van der Waals surface area contributed by atoms with Crippen molar-refractivity contribution in [3.8, 4) is 0 Å². The molecule has 0 aromatic carbocycles. The number of hydrogen-bond donors (Lipinski definition) is 2. The largest absolute Gasteiger partial charge is 0.271 e. The molecule has 0 radical (unpaired) electrons. The molecule has 1 aliphatic rings. The lowest BCUT2D eigenvalue weighted by atomic mass is 9.75. The molecule has 0 aromatic heterocycles. The molecule has 2 heteroatoms. The Hall–Kier alpha value is -0.0800. The van der Waals surface area contributed by atoms with Crippen LogP contribution in [0.25, 0.3) is 0 Å². The SMILES string of the molecule is CCC1CCC(C(NN)C(C)C)CC1. The Labute approximate surface area is 88.6 Å². The summed E-state index contributed by atoms with van der Waals surface area (Å²) >= 11 is 0. The molecule has 84 valence electrons. The monoisotopic (exact) mass is 198 g/mol. The normalized spacial score (nSPS) is 30.6. The third kappa shape index (κ3) is 2.96. The van der Waals surface area contributed by atoms with Crippen LogP contribution in [0.1, 0.15) is 52.9 Å². The first kappa shape index (κ1) is 12.0. The van der Waals surface area contributed by atoms with Gasteiger partial charge in [-0.1, -0.05) is 40.0 Å². The van der Waals surface area contributed by atoms with Gasteiger partial charge in [0.25, 0.3) is 0 Å². The quantitative estimate of drug-likeness (QED) is 0.538. The number of hydrazine groups is 1. The Kier molecular flexibility index (Phi) is 4.90. The fourth-order valence-corrected chi connectivity index (χ4v) is 2.83. The lowest BCUT2D eigenvalue weighted by molar-refractivity contribution is 0.188. The van der Waals surface area contributed by atoms with Gasteiger partial charge in [-0.2, -0.15) is 0 Å². The van der Waals surface area contributed by atoms with Gasteiger partial charge in [0.2, 0.25) is 0 Å². The van der Waals surface area contributed by atoms with Gasteiger partial charge in [0.1, 0.15) is 0 Å². The number of nitrogens with two attached hydrogens (primary N) is 1. The molecule has 0 heterocycles. The van der Waals surface area contributed by atoms with Crippen molar-refractivity contribution in [3.63, 3.8) is 0 Å². The van der Waals surface area contributed by atoms with Crippen LogP contribution in [-0.2, 0) is 0 Å². The highest BCUT2D eigenvalue weighted by atomic mass is 15.2. The van der Waals surface area contributed by atoms with Crippen LogP contribution in [0, 0.1) is 17.8 Å². The van der Waals surface area contributed by atoms with Crippen LogP contribution in [0.15, 0.2) is 0 Å². The van der Waals surface area contributed by atoms with E-state index in [0.29, 0.717) is 12.0 Å². The summed E-state index contributed by atoms with van der Waals surface area (Å²) in [7, 11) is 0. The molecule has 0 bridgehead atoms. The van der Waals surface area contributed by atoms with Crippen LogP contribution in [-0.4, -0.2) is 6.04 Å². The van der Waals surface area contributed by atoms with Crippen molar-refractivity contribution in [3.05, 3.63) is 0 Å². The van der Waals surface area contributed by atoms with E-state index >= 15 is 0 Å². The first-order valence-electron chi connectivity index (χ1n) is 6.15. The second-order valence-corrected chi connectivity index (χ2v) is 5.13. The summed E-state index contributed by atoms with van der Waals surface area (Å²) in [4.78, 5) is 0. The molecule has 1 saturated carbocycles. The minimum absolute atomic E-state index is 0.521. The second kappa shape index (κ2) is 5.72. The molecule has 1 rings (SSSR count). The van der Waals surface area contributed by atoms with Gasteiger partial charge in [0.05, 0.1) is 0 Å². The molecule has 1 fully saturated rings. The zero-order valence-electron chi connectivity index (χ0n) is 9.92. The molecule has 1 aliphatic carbocycles. The Morgan fingerprint density at radius 2 is 1.79 bits per heavy atom. The molecule has 14 heavy (non-hydrogen) atoms. The number of hydrogen-bond acceptors (Lipinski definition) is 2. The van der Waals surface area contributed by atoms with Crippen molar-refractivity contribution in [2.75, 3.05) is 0 Å². The smallest absolute Gasteiger partial charge is 0.0261 e. The van der Waals surface area contributed by atoms with Gasteiger partial charge in [0, 0.05) is 6.04 Å². The van der Waals surface area contributed by atoms with E-state index in [0.717, 1.165) is 11.8 Å². The summed E-state index contributed by atoms with van der Waals surface area (Å²) in [5, 5.41) is 0. The number of nitrogens with one attached hydrogen (secondary N) is 1. The first-order valence-corrected chi connectivity index (χ1v) is 6.15. The summed E-state index contributed by atoms with van der Waals surface area (Å²) in [6.07, 6.45) is 6.91. The molecule has 0 amide bonds. The van der Waals surface area contributed by atoms with Crippen LogP contribution in [0.5, 0.6) is 0 Å². The molecule has 0 saturated heterocycles. The average molecular weight is 198 g/mol. The van der Waals surface area contributed by atoms with Crippen molar-refractivity contribution < 1.29 is 0 Å². The molecule has 1 atom stereocenters. The van der Waals surface area contributed by atoms with Crippen molar-refractivity contribution in [1.29, 1.82) is 0 Å². The van der Waals surface area contributed by atoms with Crippen molar-refractivity contribution in [1.82, 2.24) is 5.43 Å². The van der Waals surface area contributed by atoms with E-state index in [1.807, 2.05) is 0 Å². The molecular weight excluding hydrogens is 172 g/mol. The highest BCUT2D eigenvalue weighted by Gasteiger charge is 2.27. The maximum absolute atomic E-state index is 5.62. The minimum atomic E-state index is 0.521. The fraction of sp³-hybridized carbons (Fsp3) is 1.00. The standard InChI is InChI=1S/C12H26N2/c1-4-10-5-7-11(8-6-10)12(14-13)9(2)3/h9-12,14H,4-8,13H2,1-3H3. The van der Waals surface area contributed by atoms with Crippen LogP contribution < -0.4 is 11.3 Å². The lowest BCUT2D eigenvalue weighted by Gasteiger charge is -2.35. The minimum Gasteiger partial charge on any atom is -0.271 e. The third-order valence-corrected chi connectivity index (χ3v) is 3.89. The van der Waals surface area contributed by atoms with Gasteiger partial charge in [0.15, 0.2) is 0 Å². The van der Waals surface area contributed by atoms with E-state index in [9.17, 15) is 0 Å². The third-order valence-electron chi connectivity index (χ3n) is 3.89. The van der Waals surface area contributed by atoms with Crippen LogP contribution in [0.3, 0.4) is 0 Å². The lowest BCUT2D eigenvalue weighted by Crippen LogP contribution is -2.45. The van der Waals surface area contributed by atoms with E-state index < -0.39 is 0 Å². The maximum Gasteiger partial charge on any atom is 0.0261 e. The van der Waals surface area contributed by atoms with Gasteiger partial charge in [-0.3, -0.25) is 11.3 Å². The summed E-state index contributed by atoms with van der Waals surface area (Å²) in [6, 6.07) is 0.521. The summed E-state index contributed by atoms with van der Waals surface area (Å²) < 4.78 is 0. The van der Waals surface area contributed by atoms with Crippen LogP contribution >= 0.6 is 0 Å². The van der Waals surface area contributed by atoms with Gasteiger partial charge < -0.3 is 0 Å². The van der Waals surface area contributed by atoms with E-state index in [-0.39, 0.29) is 0 Å². The van der Waals surface area contributed by atoms with Crippen molar-refractivity contribution in [2.24, 2.45) is 23.6 Å². The Bertz CT molecular complexity index is 148. The van der Waals surface area contributed by atoms with Crippen molar-refractivity contribution >= 4 is 0 Å². The van der Waals surface area contributed by atoms with Crippen LogP contribution in [0.4, 0.5) is 0 Å². The zero-order chi connectivity index (χ0) is 10.6. The van der Waals surface area contributed by atoms with E-state index in [1.54, 1.807) is 0 Å². The van der Waals surface area contributed by atoms with Crippen molar-refractivity contribution in [2.45, 2.75) is 58.9 Å². The molecule has 0 aliphatic heterocycles. The summed E-state index contributed by atoms with van der Waals surface area (Å²) in [6.45, 7) is 6.83. The second-order valence-electron chi connectivity index (χ2n) is 5.13. The van der Waals surface area contributed by atoms with E-state index in [1.165, 1.54) is 32.1 Å². The van der Waals surface area contributed by atoms with Crippen LogP contribution in [0.2, 0.25) is 0 Å². The zero-order valence-corrected chi connectivity index (χ0v) is 9.92. The predicted octanol–water partition coefficient (Wildman–Crippen LogP) is 2.69. The molecule has 0 spiro atoms. The predicted molar refractivity (Wildman–Crippen MR) is 61.7 cm³/mol. The molecule has 2 nitrogen and oxygen atoms in total. The Morgan fingerprint density at radius 3 is 2.14 bits per heavy atom. The highest BCUT2D eigenvalue weighted by molar-refractivity contribution is 4.82. The maximum atomic E-state index is 5.62. The fourth-order valence-electron chi connectivity index (χ4n) is 2.83. The molecule has 0 aromatic rings. The summed E-state index contributed by atoms with van der Waals surface area (Å²) in [5.41, 5.74) is 3.00. The number of rotatable bonds is 4. The average Bonchev–Trinajstić information content (AvgIpc) is 2.19. The van der Waals surface area contributed by atoms with Gasteiger partial charge in [-0.05, 0) is 30.6 Å².